The summed E-state index contributed by atoms with van der Waals surface area (Å²) in [6.07, 6.45) is 0. The highest BCUT2D eigenvalue weighted by atomic mass is 16.3. The van der Waals surface area contributed by atoms with E-state index < -0.39 is 0 Å². The average Bonchev–Trinajstić information content (AvgIpc) is 3.89. The molecule has 2 heterocycles. The fourth-order valence-corrected chi connectivity index (χ4v) is 8.97. The van der Waals surface area contributed by atoms with Gasteiger partial charge in [0.25, 0.3) is 0 Å². The lowest BCUT2D eigenvalue weighted by Crippen LogP contribution is -2.10. The third-order valence-electron chi connectivity index (χ3n) is 11.9. The Bertz CT molecular complexity index is 3540. The molecule has 0 atom stereocenters. The quantitative estimate of drug-likeness (QED) is 0.158. The molecule has 0 aliphatic rings. The lowest BCUT2D eigenvalue weighted by Gasteiger charge is -2.27. The van der Waals surface area contributed by atoms with Crippen molar-refractivity contribution in [1.29, 1.82) is 0 Å². The van der Waals surface area contributed by atoms with E-state index in [-0.39, 0.29) is 0 Å². The number of nitrogens with zero attached hydrogens (tertiary/aromatic N) is 1. The van der Waals surface area contributed by atoms with E-state index >= 15 is 0 Å². The van der Waals surface area contributed by atoms with Crippen molar-refractivity contribution in [1.82, 2.24) is 0 Å². The Morgan fingerprint density at radius 3 is 1.71 bits per heavy atom. The monoisotopic (exact) mass is 753 g/mol. The molecule has 0 bridgehead atoms. The lowest BCUT2D eigenvalue weighted by atomic mass is 9.97. The molecule has 0 unspecified atom stereocenters. The van der Waals surface area contributed by atoms with Crippen LogP contribution in [0.4, 0.5) is 17.1 Å². The Labute approximate surface area is 340 Å². The maximum atomic E-state index is 6.84. The summed E-state index contributed by atoms with van der Waals surface area (Å²) in [5.74, 6) is 0. The van der Waals surface area contributed by atoms with Crippen LogP contribution in [0.3, 0.4) is 0 Å². The van der Waals surface area contributed by atoms with Crippen LogP contribution in [-0.2, 0) is 0 Å². The molecule has 0 N–H and O–H groups in total. The third-order valence-corrected chi connectivity index (χ3v) is 11.9. The molecule has 0 saturated heterocycles. The zero-order valence-corrected chi connectivity index (χ0v) is 32.0. The molecule has 0 spiro atoms. The predicted molar refractivity (Wildman–Crippen MR) is 247 cm³/mol. The highest BCUT2D eigenvalue weighted by Gasteiger charge is 2.23. The van der Waals surface area contributed by atoms with E-state index in [4.69, 9.17) is 8.83 Å². The first-order valence-corrected chi connectivity index (χ1v) is 20.1. The first-order valence-electron chi connectivity index (χ1n) is 20.1. The second-order valence-electron chi connectivity index (χ2n) is 15.3. The van der Waals surface area contributed by atoms with E-state index in [9.17, 15) is 0 Å². The van der Waals surface area contributed by atoms with Gasteiger partial charge >= 0.3 is 0 Å². The zero-order chi connectivity index (χ0) is 38.9. The van der Waals surface area contributed by atoms with Gasteiger partial charge in [0.05, 0.1) is 11.1 Å². The number of hydrogen-bond donors (Lipinski definition) is 0. The standard InChI is InChI=1S/C56H35NO2/c1-2-10-36(11-3-1)37-18-20-40(21-19-37)47-31-32-51(55-49-15-7-9-17-53(49)59-56(47)55)57(44-29-30-46-42(34-44)23-22-39-12-4-5-13-45(39)46)43-27-24-38(25-28-43)41-26-33-54-50(35-41)48-14-6-8-16-52(48)58-54/h1-35H. The molecule has 2 aromatic heterocycles. The minimum atomic E-state index is 0.861. The molecule has 0 amide bonds. The molecule has 276 valence electrons. The van der Waals surface area contributed by atoms with Gasteiger partial charge in [0, 0.05) is 33.1 Å². The van der Waals surface area contributed by atoms with E-state index in [0.29, 0.717) is 0 Å². The molecular formula is C56H35NO2. The number of hydrogen-bond acceptors (Lipinski definition) is 3. The van der Waals surface area contributed by atoms with Gasteiger partial charge in [-0.1, -0.05) is 152 Å². The number of benzene rings is 10. The average molecular weight is 754 g/mol. The van der Waals surface area contributed by atoms with Crippen LogP contribution in [0.5, 0.6) is 0 Å². The summed E-state index contributed by atoms with van der Waals surface area (Å²) in [4.78, 5) is 2.39. The van der Waals surface area contributed by atoms with Crippen molar-refractivity contribution >= 4 is 82.5 Å². The molecule has 12 rings (SSSR count). The summed E-state index contributed by atoms with van der Waals surface area (Å²) in [6.45, 7) is 0. The molecule has 12 aromatic rings. The van der Waals surface area contributed by atoms with Crippen LogP contribution in [-0.4, -0.2) is 0 Å². The topological polar surface area (TPSA) is 29.5 Å². The minimum absolute atomic E-state index is 0.861. The van der Waals surface area contributed by atoms with Crippen LogP contribution in [0.15, 0.2) is 221 Å². The van der Waals surface area contributed by atoms with Crippen molar-refractivity contribution in [2.24, 2.45) is 0 Å². The molecule has 0 radical (unpaired) electrons. The van der Waals surface area contributed by atoms with Crippen LogP contribution in [0.25, 0.3) is 98.8 Å². The SMILES string of the molecule is c1ccc(-c2ccc(-c3ccc(N(c4ccc(-c5ccc6oc7ccccc7c6c5)cc4)c4ccc5c(ccc6ccccc65)c4)c4c3oc3ccccc34)cc2)cc1. The van der Waals surface area contributed by atoms with Crippen LogP contribution in [0, 0.1) is 0 Å². The fraction of sp³-hybridized carbons (Fsp3) is 0. The molecular weight excluding hydrogens is 719 g/mol. The summed E-state index contributed by atoms with van der Waals surface area (Å²) < 4.78 is 13.0. The molecule has 3 heteroatoms. The van der Waals surface area contributed by atoms with E-state index in [1.165, 1.54) is 32.7 Å². The van der Waals surface area contributed by atoms with Crippen LogP contribution < -0.4 is 4.90 Å². The van der Waals surface area contributed by atoms with Gasteiger partial charge in [-0.25, -0.2) is 0 Å². The van der Waals surface area contributed by atoms with Crippen molar-refractivity contribution in [3.8, 4) is 33.4 Å². The Hall–Kier alpha value is -7.88. The third kappa shape index (κ3) is 5.51. The number of anilines is 3. The first kappa shape index (κ1) is 33.3. The van der Waals surface area contributed by atoms with Gasteiger partial charge in [-0.3, -0.25) is 0 Å². The Morgan fingerprint density at radius 2 is 0.881 bits per heavy atom. The van der Waals surface area contributed by atoms with E-state index in [1.54, 1.807) is 0 Å². The van der Waals surface area contributed by atoms with Crippen molar-refractivity contribution in [3.63, 3.8) is 0 Å². The summed E-state index contributed by atoms with van der Waals surface area (Å²) >= 11 is 0. The zero-order valence-electron chi connectivity index (χ0n) is 32.0. The van der Waals surface area contributed by atoms with Gasteiger partial charge in [0.15, 0.2) is 0 Å². The number of para-hydroxylation sites is 2. The second kappa shape index (κ2) is 13.4. The van der Waals surface area contributed by atoms with Gasteiger partial charge in [0.2, 0.25) is 0 Å². The van der Waals surface area contributed by atoms with E-state index in [1.807, 2.05) is 18.2 Å². The number of fused-ring (bicyclic) bond motifs is 9. The van der Waals surface area contributed by atoms with Crippen molar-refractivity contribution in [2.75, 3.05) is 4.90 Å². The summed E-state index contributed by atoms with van der Waals surface area (Å²) in [7, 11) is 0. The molecule has 59 heavy (non-hydrogen) atoms. The molecule has 0 aliphatic carbocycles. The Morgan fingerprint density at radius 1 is 0.305 bits per heavy atom. The molecule has 0 fully saturated rings. The highest BCUT2D eigenvalue weighted by molar-refractivity contribution is 6.17. The smallest absolute Gasteiger partial charge is 0.145 e. The fourth-order valence-electron chi connectivity index (χ4n) is 8.97. The predicted octanol–water partition coefficient (Wildman–Crippen LogP) is 16.3. The van der Waals surface area contributed by atoms with Crippen molar-refractivity contribution < 1.29 is 8.83 Å². The van der Waals surface area contributed by atoms with Gasteiger partial charge in [-0.05, 0) is 110 Å². The first-order chi connectivity index (χ1) is 29.2. The minimum Gasteiger partial charge on any atom is -0.456 e. The van der Waals surface area contributed by atoms with Crippen molar-refractivity contribution in [2.45, 2.75) is 0 Å². The van der Waals surface area contributed by atoms with Gasteiger partial charge in [-0.15, -0.1) is 0 Å². The Balaban J connectivity index is 1.04. The molecule has 0 aliphatic heterocycles. The van der Waals surface area contributed by atoms with Crippen LogP contribution >= 0.6 is 0 Å². The van der Waals surface area contributed by atoms with Gasteiger partial charge in [0.1, 0.15) is 22.3 Å². The molecule has 0 saturated carbocycles. The van der Waals surface area contributed by atoms with Crippen LogP contribution in [0.2, 0.25) is 0 Å². The van der Waals surface area contributed by atoms with Crippen molar-refractivity contribution in [3.05, 3.63) is 212 Å². The highest BCUT2D eigenvalue weighted by Crippen LogP contribution is 2.47. The van der Waals surface area contributed by atoms with Gasteiger partial charge < -0.3 is 13.7 Å². The number of furan rings is 2. The molecule has 3 nitrogen and oxygen atoms in total. The summed E-state index contributed by atoms with van der Waals surface area (Å²) in [5, 5.41) is 9.31. The lowest BCUT2D eigenvalue weighted by molar-refractivity contribution is 0.669. The maximum absolute atomic E-state index is 6.84. The molecule has 10 aromatic carbocycles. The largest absolute Gasteiger partial charge is 0.456 e. The van der Waals surface area contributed by atoms with Crippen LogP contribution in [0.1, 0.15) is 0 Å². The van der Waals surface area contributed by atoms with E-state index in [2.05, 4.69) is 199 Å². The summed E-state index contributed by atoms with van der Waals surface area (Å²) in [6, 6.07) is 75.8. The number of rotatable bonds is 6. The summed E-state index contributed by atoms with van der Waals surface area (Å²) in [5.41, 5.74) is 13.5. The Kier molecular flexibility index (Phi) is 7.54. The maximum Gasteiger partial charge on any atom is 0.145 e. The normalized spacial score (nSPS) is 11.7. The second-order valence-corrected chi connectivity index (χ2v) is 15.3. The van der Waals surface area contributed by atoms with E-state index in [0.717, 1.165) is 83.2 Å². The van der Waals surface area contributed by atoms with Gasteiger partial charge in [-0.2, -0.15) is 0 Å².